The number of hydrogen-bond donors (Lipinski definition) is 2. The smallest absolute Gasteiger partial charge is 0.275 e. The van der Waals surface area contributed by atoms with E-state index in [9.17, 15) is 4.79 Å². The van der Waals surface area contributed by atoms with Crippen molar-refractivity contribution >= 4 is 27.5 Å². The van der Waals surface area contributed by atoms with E-state index in [1.807, 2.05) is 25.2 Å². The minimum absolute atomic E-state index is 0.0339. The number of quaternary nitrogens is 1. The maximum atomic E-state index is 11.7. The third-order valence-electron chi connectivity index (χ3n) is 3.25. The number of aromatic nitrogens is 1. The van der Waals surface area contributed by atoms with Crippen LogP contribution in [0.4, 0.5) is 0 Å². The van der Waals surface area contributed by atoms with Gasteiger partial charge in [0.2, 0.25) is 0 Å². The minimum atomic E-state index is -0.0339. The molecule has 2 aromatic rings. The molecule has 1 unspecified atom stereocenters. The molecule has 0 bridgehead atoms. The number of para-hydroxylation sites is 1. The van der Waals surface area contributed by atoms with Gasteiger partial charge in [0.25, 0.3) is 5.91 Å². The van der Waals surface area contributed by atoms with Crippen LogP contribution in [0.2, 0.25) is 0 Å². The monoisotopic (exact) mass is 288 g/mol. The Morgan fingerprint density at radius 2 is 2.30 bits per heavy atom. The Kier molecular flexibility index (Phi) is 4.72. The van der Waals surface area contributed by atoms with Crippen molar-refractivity contribution in [2.75, 3.05) is 20.1 Å². The van der Waals surface area contributed by atoms with Crippen molar-refractivity contribution in [3.05, 3.63) is 29.3 Å². The topological polar surface area (TPSA) is 46.4 Å². The van der Waals surface area contributed by atoms with Crippen molar-refractivity contribution in [2.24, 2.45) is 0 Å². The van der Waals surface area contributed by atoms with E-state index in [0.717, 1.165) is 15.4 Å². The first-order valence-corrected chi connectivity index (χ1v) is 7.31. The van der Waals surface area contributed by atoms with Crippen LogP contribution in [0.3, 0.4) is 0 Å². The van der Waals surface area contributed by atoms with Crippen molar-refractivity contribution in [3.8, 4) is 12.3 Å². The summed E-state index contributed by atoms with van der Waals surface area (Å²) >= 11 is 1.68. The molecule has 1 heterocycles. The summed E-state index contributed by atoms with van der Waals surface area (Å²) in [6, 6.07) is 8.25. The fourth-order valence-corrected chi connectivity index (χ4v) is 3.02. The number of fused-ring (bicyclic) bond motifs is 1. The highest BCUT2D eigenvalue weighted by Gasteiger charge is 2.21. The van der Waals surface area contributed by atoms with Gasteiger partial charge in [-0.15, -0.1) is 17.8 Å². The van der Waals surface area contributed by atoms with E-state index in [4.69, 9.17) is 6.42 Å². The number of likely N-dealkylation sites (N-methyl/N-ethyl adjacent to an activating group) is 1. The Morgan fingerprint density at radius 3 is 3.00 bits per heavy atom. The first kappa shape index (κ1) is 14.5. The molecule has 2 rings (SSSR count). The second-order valence-corrected chi connectivity index (χ2v) is 5.81. The van der Waals surface area contributed by atoms with Crippen LogP contribution in [0.1, 0.15) is 18.0 Å². The number of rotatable bonds is 5. The molecule has 104 valence electrons. The van der Waals surface area contributed by atoms with Gasteiger partial charge in [-0.25, -0.2) is 4.98 Å². The molecule has 0 aliphatic rings. The molecule has 1 aromatic carbocycles. The van der Waals surface area contributed by atoms with E-state index >= 15 is 0 Å². The quantitative estimate of drug-likeness (QED) is 0.793. The lowest BCUT2D eigenvalue weighted by atomic mass is 10.3. The SMILES string of the molecule is C#CCNC(=O)C[NH+](C)[C@H](C)c1nc2ccccc2s1. The van der Waals surface area contributed by atoms with E-state index in [0.29, 0.717) is 6.54 Å². The van der Waals surface area contributed by atoms with Gasteiger partial charge in [-0.2, -0.15) is 0 Å². The maximum Gasteiger partial charge on any atom is 0.275 e. The highest BCUT2D eigenvalue weighted by Crippen LogP contribution is 2.24. The lowest BCUT2D eigenvalue weighted by molar-refractivity contribution is -0.902. The molecule has 0 saturated heterocycles. The highest BCUT2D eigenvalue weighted by molar-refractivity contribution is 7.18. The average molecular weight is 288 g/mol. The number of benzene rings is 1. The average Bonchev–Trinajstić information content (AvgIpc) is 2.87. The molecule has 4 nitrogen and oxygen atoms in total. The van der Waals surface area contributed by atoms with Crippen LogP contribution in [0.15, 0.2) is 24.3 Å². The van der Waals surface area contributed by atoms with Crippen LogP contribution in [-0.2, 0) is 4.79 Å². The summed E-state index contributed by atoms with van der Waals surface area (Å²) in [7, 11) is 1.99. The van der Waals surface area contributed by atoms with Gasteiger partial charge in [-0.1, -0.05) is 18.1 Å². The normalized spacial score (nSPS) is 13.7. The Bertz CT molecular complexity index is 611. The van der Waals surface area contributed by atoms with Crippen LogP contribution in [-0.4, -0.2) is 31.0 Å². The standard InChI is InChI=1S/C15H17N3OS/c1-4-9-16-14(19)10-18(3)11(2)15-17-12-7-5-6-8-13(12)20-15/h1,5-8,11H,9-10H2,2-3H3,(H,16,19)/p+1/t11-/m1/s1. The number of hydrogen-bond acceptors (Lipinski definition) is 3. The summed E-state index contributed by atoms with van der Waals surface area (Å²) in [5, 5.41) is 3.73. The fourth-order valence-electron chi connectivity index (χ4n) is 1.90. The van der Waals surface area contributed by atoms with E-state index in [1.54, 1.807) is 11.3 Å². The number of carbonyl (C=O) groups excluding carboxylic acids is 1. The highest BCUT2D eigenvalue weighted by atomic mass is 32.1. The number of amides is 1. The first-order chi connectivity index (χ1) is 9.61. The van der Waals surface area contributed by atoms with Gasteiger partial charge in [-0.3, -0.25) is 4.79 Å². The molecule has 0 fully saturated rings. The van der Waals surface area contributed by atoms with E-state index in [-0.39, 0.29) is 18.5 Å². The van der Waals surface area contributed by atoms with Gasteiger partial charge >= 0.3 is 0 Å². The molecule has 2 N–H and O–H groups in total. The lowest BCUT2D eigenvalue weighted by Crippen LogP contribution is -3.10. The van der Waals surface area contributed by atoms with Crippen LogP contribution in [0, 0.1) is 12.3 Å². The molecular formula is C15H18N3OS+. The number of nitrogens with one attached hydrogen (secondary N) is 2. The molecule has 5 heteroatoms. The molecule has 0 aliphatic heterocycles. The van der Waals surface area contributed by atoms with Gasteiger partial charge in [0.15, 0.2) is 11.6 Å². The molecule has 0 saturated carbocycles. The van der Waals surface area contributed by atoms with Crippen molar-refractivity contribution < 1.29 is 9.69 Å². The molecule has 20 heavy (non-hydrogen) atoms. The molecule has 2 atom stereocenters. The number of terminal acetylenes is 1. The van der Waals surface area contributed by atoms with Crippen molar-refractivity contribution in [1.82, 2.24) is 10.3 Å². The predicted octanol–water partition coefficient (Wildman–Crippen LogP) is 0.621. The van der Waals surface area contributed by atoms with Crippen LogP contribution in [0.25, 0.3) is 10.2 Å². The summed E-state index contributed by atoms with van der Waals surface area (Å²) in [5.74, 6) is 2.37. The molecule has 1 aromatic heterocycles. The summed E-state index contributed by atoms with van der Waals surface area (Å²) in [6.07, 6.45) is 5.12. The number of nitrogens with zero attached hydrogens (tertiary/aromatic N) is 1. The Balaban J connectivity index is 2.04. The predicted molar refractivity (Wildman–Crippen MR) is 81.6 cm³/mol. The largest absolute Gasteiger partial charge is 0.340 e. The third kappa shape index (κ3) is 3.35. The van der Waals surface area contributed by atoms with Gasteiger partial charge in [0, 0.05) is 0 Å². The van der Waals surface area contributed by atoms with Gasteiger partial charge in [-0.05, 0) is 19.1 Å². The summed E-state index contributed by atoms with van der Waals surface area (Å²) in [4.78, 5) is 17.4. The van der Waals surface area contributed by atoms with Gasteiger partial charge in [0.05, 0.1) is 23.8 Å². The Labute approximate surface area is 122 Å². The molecule has 0 radical (unpaired) electrons. The zero-order valence-corrected chi connectivity index (χ0v) is 12.5. The van der Waals surface area contributed by atoms with E-state index in [1.165, 1.54) is 4.70 Å². The van der Waals surface area contributed by atoms with Crippen molar-refractivity contribution in [3.63, 3.8) is 0 Å². The maximum absolute atomic E-state index is 11.7. The fraction of sp³-hybridized carbons (Fsp3) is 0.333. The molecular weight excluding hydrogens is 270 g/mol. The molecule has 1 amide bonds. The number of carbonyl (C=O) groups is 1. The van der Waals surface area contributed by atoms with Crippen LogP contribution < -0.4 is 10.2 Å². The zero-order valence-electron chi connectivity index (χ0n) is 11.6. The molecule has 0 aliphatic carbocycles. The molecule has 0 spiro atoms. The second kappa shape index (κ2) is 6.51. The van der Waals surface area contributed by atoms with Crippen molar-refractivity contribution in [1.29, 1.82) is 0 Å². The van der Waals surface area contributed by atoms with Crippen LogP contribution in [0.5, 0.6) is 0 Å². The van der Waals surface area contributed by atoms with Crippen molar-refractivity contribution in [2.45, 2.75) is 13.0 Å². The summed E-state index contributed by atoms with van der Waals surface area (Å²) in [6.45, 7) is 2.75. The zero-order chi connectivity index (χ0) is 14.5. The summed E-state index contributed by atoms with van der Waals surface area (Å²) in [5.41, 5.74) is 1.02. The number of thiazole rings is 1. The van der Waals surface area contributed by atoms with Gasteiger partial charge < -0.3 is 10.2 Å². The lowest BCUT2D eigenvalue weighted by Gasteiger charge is -2.19. The van der Waals surface area contributed by atoms with E-state index in [2.05, 4.69) is 29.2 Å². The minimum Gasteiger partial charge on any atom is -0.340 e. The van der Waals surface area contributed by atoms with Crippen LogP contribution >= 0.6 is 11.3 Å². The first-order valence-electron chi connectivity index (χ1n) is 6.49. The Morgan fingerprint density at radius 1 is 1.55 bits per heavy atom. The second-order valence-electron chi connectivity index (χ2n) is 4.75. The Hall–Kier alpha value is -1.90. The third-order valence-corrected chi connectivity index (χ3v) is 4.47. The summed E-state index contributed by atoms with van der Waals surface area (Å²) < 4.78 is 1.18. The van der Waals surface area contributed by atoms with Gasteiger partial charge in [0.1, 0.15) is 6.04 Å². The van der Waals surface area contributed by atoms with E-state index < -0.39 is 0 Å².